The van der Waals surface area contributed by atoms with Gasteiger partial charge in [-0.3, -0.25) is 4.79 Å². The first-order valence-electron chi connectivity index (χ1n) is 4.42. The van der Waals surface area contributed by atoms with Crippen LogP contribution in [-0.4, -0.2) is 74.1 Å². The summed E-state index contributed by atoms with van der Waals surface area (Å²) in [7, 11) is 0. The topological polar surface area (TPSA) is 138 Å². The van der Waals surface area contributed by atoms with Crippen LogP contribution in [0.4, 0.5) is 0 Å². The van der Waals surface area contributed by atoms with Gasteiger partial charge in [0.15, 0.2) is 5.78 Å². The molecule has 7 heteroatoms. The molecular weight excluding hydrogens is 208 g/mol. The van der Waals surface area contributed by atoms with E-state index in [2.05, 4.69) is 0 Å². The number of carbonyl (C=O) groups excluding carboxylic acids is 1. The van der Waals surface area contributed by atoms with Crippen LogP contribution in [0, 0.1) is 0 Å². The van der Waals surface area contributed by atoms with Crippen LogP contribution < -0.4 is 0 Å². The van der Waals surface area contributed by atoms with E-state index in [1.807, 2.05) is 0 Å². The number of Topliss-reactive ketones (excluding diaryl/α,β-unsaturated/α-hetero) is 1. The third-order valence-corrected chi connectivity index (χ3v) is 1.94. The second-order valence-corrected chi connectivity index (χ2v) is 3.12. The SMILES string of the molecule is O=C(CCO)[C@H](O)[C@@H](O)[C@H](O)[C@H](O)CO. The van der Waals surface area contributed by atoms with E-state index < -0.39 is 43.4 Å². The fraction of sp³-hybridized carbons (Fsp3) is 0.875. The highest BCUT2D eigenvalue weighted by Gasteiger charge is 2.33. The molecule has 0 aliphatic carbocycles. The Morgan fingerprint density at radius 1 is 1.00 bits per heavy atom. The average Bonchev–Trinajstić information content (AvgIpc) is 2.25. The minimum absolute atomic E-state index is 0.361. The molecule has 0 unspecified atom stereocenters. The molecule has 90 valence electrons. The van der Waals surface area contributed by atoms with Crippen LogP contribution in [0.5, 0.6) is 0 Å². The van der Waals surface area contributed by atoms with E-state index in [-0.39, 0.29) is 6.42 Å². The minimum atomic E-state index is -1.90. The monoisotopic (exact) mass is 224 g/mol. The average molecular weight is 224 g/mol. The van der Waals surface area contributed by atoms with Crippen LogP contribution in [0.2, 0.25) is 0 Å². The fourth-order valence-electron chi connectivity index (χ4n) is 0.971. The van der Waals surface area contributed by atoms with Crippen molar-refractivity contribution in [3.8, 4) is 0 Å². The predicted molar refractivity (Wildman–Crippen MR) is 47.8 cm³/mol. The van der Waals surface area contributed by atoms with Gasteiger partial charge >= 0.3 is 0 Å². The van der Waals surface area contributed by atoms with Gasteiger partial charge in [0.05, 0.1) is 13.2 Å². The number of aliphatic hydroxyl groups is 6. The second-order valence-electron chi connectivity index (χ2n) is 3.12. The molecule has 15 heavy (non-hydrogen) atoms. The van der Waals surface area contributed by atoms with E-state index in [9.17, 15) is 9.90 Å². The lowest BCUT2D eigenvalue weighted by Crippen LogP contribution is -2.48. The Balaban J connectivity index is 4.29. The van der Waals surface area contributed by atoms with Crippen molar-refractivity contribution in [2.24, 2.45) is 0 Å². The van der Waals surface area contributed by atoms with Gasteiger partial charge in [0.1, 0.15) is 24.4 Å². The number of hydrogen-bond acceptors (Lipinski definition) is 7. The van der Waals surface area contributed by atoms with Gasteiger partial charge in [-0.2, -0.15) is 0 Å². The van der Waals surface area contributed by atoms with E-state index in [0.29, 0.717) is 0 Å². The molecule has 0 radical (unpaired) electrons. The van der Waals surface area contributed by atoms with Crippen molar-refractivity contribution in [3.05, 3.63) is 0 Å². The van der Waals surface area contributed by atoms with Crippen LogP contribution in [0.15, 0.2) is 0 Å². The summed E-state index contributed by atoms with van der Waals surface area (Å²) in [6.45, 7) is -1.29. The maximum absolute atomic E-state index is 11.0. The summed E-state index contributed by atoms with van der Waals surface area (Å²) in [6, 6.07) is 0. The summed E-state index contributed by atoms with van der Waals surface area (Å²) in [5, 5.41) is 53.3. The molecule has 7 nitrogen and oxygen atoms in total. The molecule has 0 heterocycles. The van der Waals surface area contributed by atoms with Crippen molar-refractivity contribution in [3.63, 3.8) is 0 Å². The van der Waals surface area contributed by atoms with E-state index in [1.54, 1.807) is 0 Å². The van der Waals surface area contributed by atoms with Crippen molar-refractivity contribution in [1.29, 1.82) is 0 Å². The lowest BCUT2D eigenvalue weighted by molar-refractivity contribution is -0.147. The number of hydrogen-bond donors (Lipinski definition) is 6. The molecule has 0 bridgehead atoms. The van der Waals surface area contributed by atoms with Gasteiger partial charge in [-0.05, 0) is 0 Å². The first-order chi connectivity index (χ1) is 6.95. The second kappa shape index (κ2) is 6.83. The van der Waals surface area contributed by atoms with Crippen LogP contribution in [0.3, 0.4) is 0 Å². The number of carbonyl (C=O) groups is 1. The van der Waals surface area contributed by atoms with Crippen molar-refractivity contribution in [1.82, 2.24) is 0 Å². The zero-order valence-corrected chi connectivity index (χ0v) is 8.02. The molecule has 0 saturated carbocycles. The Labute approximate surface area is 86.2 Å². The van der Waals surface area contributed by atoms with Gasteiger partial charge in [-0.15, -0.1) is 0 Å². The molecule has 0 aromatic rings. The standard InChI is InChI=1S/C8H16O7/c9-2-1-4(11)6(13)8(15)7(14)5(12)3-10/h5-10,12-15H,1-3H2/t5-,6+,7-,8-/m1/s1. The largest absolute Gasteiger partial charge is 0.396 e. The van der Waals surface area contributed by atoms with Crippen LogP contribution in [0.1, 0.15) is 6.42 Å². The molecule has 0 rings (SSSR count). The number of rotatable bonds is 7. The van der Waals surface area contributed by atoms with Crippen molar-refractivity contribution >= 4 is 5.78 Å². The highest BCUT2D eigenvalue weighted by Crippen LogP contribution is 2.07. The minimum Gasteiger partial charge on any atom is -0.396 e. The van der Waals surface area contributed by atoms with Crippen molar-refractivity contribution < 1.29 is 35.4 Å². The van der Waals surface area contributed by atoms with E-state index in [1.165, 1.54) is 0 Å². The summed E-state index contributed by atoms with van der Waals surface area (Å²) in [5.41, 5.74) is 0. The number of ketones is 1. The maximum atomic E-state index is 11.0. The van der Waals surface area contributed by atoms with Gasteiger partial charge in [0.25, 0.3) is 0 Å². The predicted octanol–water partition coefficient (Wildman–Crippen LogP) is -3.63. The summed E-state index contributed by atoms with van der Waals surface area (Å²) in [4.78, 5) is 11.0. The highest BCUT2D eigenvalue weighted by atomic mass is 16.4. The molecule has 0 aromatic heterocycles. The van der Waals surface area contributed by atoms with Crippen molar-refractivity contribution in [2.45, 2.75) is 30.8 Å². The smallest absolute Gasteiger partial charge is 0.166 e. The molecule has 0 aliphatic heterocycles. The molecule has 6 N–H and O–H groups in total. The summed E-state index contributed by atoms with van der Waals surface area (Å²) in [6.07, 6.45) is -7.62. The number of aliphatic hydroxyl groups excluding tert-OH is 6. The third kappa shape index (κ3) is 4.20. The van der Waals surface area contributed by atoms with Gasteiger partial charge in [0.2, 0.25) is 0 Å². The quantitative estimate of drug-likeness (QED) is 0.262. The normalized spacial score (nSPS) is 19.3. The van der Waals surface area contributed by atoms with E-state index in [4.69, 9.17) is 25.5 Å². The lowest BCUT2D eigenvalue weighted by Gasteiger charge is -2.24. The Hall–Kier alpha value is -0.570. The first-order valence-corrected chi connectivity index (χ1v) is 4.42. The summed E-state index contributed by atoms with van der Waals surface area (Å²) in [5.74, 6) is -0.853. The van der Waals surface area contributed by atoms with E-state index in [0.717, 1.165) is 0 Å². The molecule has 0 spiro atoms. The Morgan fingerprint density at radius 3 is 1.93 bits per heavy atom. The molecule has 0 amide bonds. The summed E-state index contributed by atoms with van der Waals surface area (Å²) >= 11 is 0. The van der Waals surface area contributed by atoms with Gasteiger partial charge < -0.3 is 30.6 Å². The molecule has 0 fully saturated rings. The van der Waals surface area contributed by atoms with Crippen LogP contribution >= 0.6 is 0 Å². The first kappa shape index (κ1) is 14.4. The van der Waals surface area contributed by atoms with Gasteiger partial charge in [0, 0.05) is 6.42 Å². The van der Waals surface area contributed by atoms with Crippen LogP contribution in [-0.2, 0) is 4.79 Å². The molecular formula is C8H16O7. The van der Waals surface area contributed by atoms with Gasteiger partial charge in [-0.25, -0.2) is 0 Å². The highest BCUT2D eigenvalue weighted by molar-refractivity contribution is 5.83. The van der Waals surface area contributed by atoms with Crippen LogP contribution in [0.25, 0.3) is 0 Å². The molecule has 0 aromatic carbocycles. The van der Waals surface area contributed by atoms with Crippen molar-refractivity contribution in [2.75, 3.05) is 13.2 Å². The lowest BCUT2D eigenvalue weighted by atomic mass is 9.99. The maximum Gasteiger partial charge on any atom is 0.166 e. The zero-order chi connectivity index (χ0) is 12.0. The molecule has 0 aliphatic rings. The molecule has 4 atom stereocenters. The molecule has 0 saturated heterocycles. The summed E-state index contributed by atoms with van der Waals surface area (Å²) < 4.78 is 0. The van der Waals surface area contributed by atoms with E-state index >= 15 is 0 Å². The Morgan fingerprint density at radius 2 is 1.53 bits per heavy atom. The van der Waals surface area contributed by atoms with Gasteiger partial charge in [-0.1, -0.05) is 0 Å². The fourth-order valence-corrected chi connectivity index (χ4v) is 0.971. The Bertz CT molecular complexity index is 195. The third-order valence-electron chi connectivity index (χ3n) is 1.94. The zero-order valence-electron chi connectivity index (χ0n) is 8.02. The Kier molecular flexibility index (Phi) is 6.57.